The van der Waals surface area contributed by atoms with Crippen LogP contribution in [0.5, 0.6) is 5.75 Å². The molecule has 1 saturated carbocycles. The van der Waals surface area contributed by atoms with E-state index in [0.29, 0.717) is 11.5 Å². The van der Waals surface area contributed by atoms with E-state index in [2.05, 4.69) is 9.72 Å². The number of carbonyl (C=O) groups is 1. The molecule has 224 valence electrons. The third-order valence-corrected chi connectivity index (χ3v) is 6.51. The second-order valence-corrected chi connectivity index (χ2v) is 9.48. The number of allylic oxidation sites excluding steroid dienone is 1. The van der Waals surface area contributed by atoms with E-state index in [4.69, 9.17) is 28.6 Å². The van der Waals surface area contributed by atoms with Crippen LogP contribution in [0.3, 0.4) is 0 Å². The first-order valence-corrected chi connectivity index (χ1v) is 11.9. The zero-order valence-electron chi connectivity index (χ0n) is 20.3. The van der Waals surface area contributed by atoms with Crippen LogP contribution in [0.2, 0.25) is 10.2 Å². The van der Waals surface area contributed by atoms with Gasteiger partial charge in [0.15, 0.2) is 11.4 Å². The molecule has 1 aliphatic rings. The van der Waals surface area contributed by atoms with E-state index >= 15 is 0 Å². The number of alkyl halides is 10. The molecule has 6 nitrogen and oxygen atoms in total. The Hall–Kier alpha value is -3.11. The van der Waals surface area contributed by atoms with Crippen molar-refractivity contribution in [3.8, 4) is 5.75 Å². The lowest BCUT2D eigenvalue weighted by Crippen LogP contribution is -2.71. The van der Waals surface area contributed by atoms with Gasteiger partial charge in [0.25, 0.3) is 5.91 Å². The summed E-state index contributed by atoms with van der Waals surface area (Å²) in [5, 5.41) is 6.97. The van der Waals surface area contributed by atoms with Crippen LogP contribution in [0.4, 0.5) is 49.6 Å². The fraction of sp³-hybridized carbons (Fsp3) is 0.348. The van der Waals surface area contributed by atoms with Gasteiger partial charge in [-0.25, -0.2) is 9.37 Å². The topological polar surface area (TPSA) is 82.9 Å². The number of quaternary nitrogens is 1. The summed E-state index contributed by atoms with van der Waals surface area (Å²) in [6.45, 7) is 0. The molecule has 1 aromatic carbocycles. The highest BCUT2D eigenvalue weighted by Gasteiger charge is 2.73. The second kappa shape index (κ2) is 11.3. The predicted octanol–water partition coefficient (Wildman–Crippen LogP) is 6.70. The number of amides is 1. The average molecular weight is 642 g/mol. The summed E-state index contributed by atoms with van der Waals surface area (Å²) in [5.74, 6) is -2.20. The molecule has 1 fully saturated rings. The monoisotopic (exact) mass is 641 g/mol. The fourth-order valence-corrected chi connectivity index (χ4v) is 4.08. The minimum atomic E-state index is -6.63. The van der Waals surface area contributed by atoms with Gasteiger partial charge in [0.2, 0.25) is 0 Å². The largest absolute Gasteiger partial charge is 0.573 e. The first kappa shape index (κ1) is 32.4. The number of nitrogens with one attached hydrogen (secondary N) is 1. The molecule has 0 radical (unpaired) electrons. The van der Waals surface area contributed by atoms with Crippen molar-refractivity contribution in [2.45, 2.75) is 43.3 Å². The normalized spacial score (nSPS) is 15.1. The number of ether oxygens (including phenoxy) is 1. The van der Waals surface area contributed by atoms with Crippen molar-refractivity contribution in [1.82, 2.24) is 9.88 Å². The van der Waals surface area contributed by atoms with Crippen molar-refractivity contribution in [1.29, 1.82) is 5.41 Å². The standard InChI is InChI=1S/C23H16Cl2F10N4O2/c1-39(13-2-3-13)19(40)14-4-10(8-38-18(14)25)11(7-36)9-37-17-15(24)5-12(6-16(17)41-23(33,34)35)20(26,21(27,28)29)22(30,31)32/h4-9,13,36-37H,2-3H2,1H3/p+1/b11-9+,36-7?. The molecular weight excluding hydrogens is 625 g/mol. The quantitative estimate of drug-likeness (QED) is 0.146. The molecule has 18 heteroatoms. The molecule has 3 N–H and O–H groups in total. The van der Waals surface area contributed by atoms with Crippen molar-refractivity contribution >= 4 is 46.6 Å². The summed E-state index contributed by atoms with van der Waals surface area (Å²) in [7, 11) is 1.53. The minimum Gasteiger partial charge on any atom is -0.399 e. The lowest BCUT2D eigenvalue weighted by molar-refractivity contribution is -0.497. The van der Waals surface area contributed by atoms with Crippen molar-refractivity contribution in [3.63, 3.8) is 0 Å². The van der Waals surface area contributed by atoms with Gasteiger partial charge in [0, 0.05) is 36.6 Å². The summed E-state index contributed by atoms with van der Waals surface area (Å²) in [4.78, 5) is 18.0. The SMILES string of the molecule is CN(C(=O)c1cc(/C(C=N)=C/[NH2+]c2c(Cl)cc(C(F)(C(F)(F)F)C(F)(F)F)cc2OC(F)(F)F)cnc1Cl)C1CC1. The first-order chi connectivity index (χ1) is 18.7. The van der Waals surface area contributed by atoms with Gasteiger partial charge in [-0.3, -0.25) is 10.1 Å². The number of pyridine rings is 1. The number of rotatable bonds is 8. The van der Waals surface area contributed by atoms with Gasteiger partial charge in [0.05, 0.1) is 11.1 Å². The Morgan fingerprint density at radius 1 is 1.05 bits per heavy atom. The summed E-state index contributed by atoms with van der Waals surface area (Å²) >= 11 is 11.8. The van der Waals surface area contributed by atoms with Gasteiger partial charge in [0.1, 0.15) is 16.4 Å². The molecule has 3 rings (SSSR count). The van der Waals surface area contributed by atoms with Crippen LogP contribution in [0.15, 0.2) is 30.6 Å². The maximum Gasteiger partial charge on any atom is 0.573 e. The molecule has 0 aliphatic heterocycles. The third kappa shape index (κ3) is 6.86. The van der Waals surface area contributed by atoms with Crippen LogP contribution >= 0.6 is 23.2 Å². The van der Waals surface area contributed by atoms with E-state index in [1.54, 1.807) is 0 Å². The number of benzene rings is 1. The Bertz CT molecular complexity index is 1360. The van der Waals surface area contributed by atoms with Gasteiger partial charge >= 0.3 is 24.4 Å². The van der Waals surface area contributed by atoms with Crippen LogP contribution in [0, 0.1) is 5.41 Å². The van der Waals surface area contributed by atoms with E-state index in [0.717, 1.165) is 25.2 Å². The number of aromatic nitrogens is 1. The lowest BCUT2D eigenvalue weighted by Gasteiger charge is -2.30. The predicted molar refractivity (Wildman–Crippen MR) is 126 cm³/mol. The number of nitrogens with two attached hydrogens (primary N) is 1. The third-order valence-electron chi connectivity index (χ3n) is 5.90. The molecule has 1 aliphatic carbocycles. The smallest absolute Gasteiger partial charge is 0.399 e. The lowest BCUT2D eigenvalue weighted by atomic mass is 9.93. The van der Waals surface area contributed by atoms with Crippen molar-refractivity contribution in [2.24, 2.45) is 0 Å². The summed E-state index contributed by atoms with van der Waals surface area (Å²) in [6, 6.07) is 0.661. The Morgan fingerprint density at radius 3 is 2.12 bits per heavy atom. The fourth-order valence-electron chi connectivity index (χ4n) is 3.62. The first-order valence-electron chi connectivity index (χ1n) is 11.1. The van der Waals surface area contributed by atoms with Crippen LogP contribution in [-0.4, -0.2) is 53.8 Å². The highest BCUT2D eigenvalue weighted by Crippen LogP contribution is 2.54. The Morgan fingerprint density at radius 2 is 1.63 bits per heavy atom. The molecule has 1 amide bonds. The van der Waals surface area contributed by atoms with Crippen molar-refractivity contribution in [3.05, 3.63) is 57.5 Å². The second-order valence-electron chi connectivity index (χ2n) is 8.71. The maximum absolute atomic E-state index is 14.6. The highest BCUT2D eigenvalue weighted by atomic mass is 35.5. The Kier molecular flexibility index (Phi) is 8.92. The highest BCUT2D eigenvalue weighted by molar-refractivity contribution is 6.33. The minimum absolute atomic E-state index is 0.0109. The van der Waals surface area contributed by atoms with Crippen LogP contribution < -0.4 is 10.1 Å². The molecule has 2 aromatic rings. The van der Waals surface area contributed by atoms with E-state index in [-0.39, 0.29) is 34.0 Å². The molecular formula is C23H17Cl2F10N4O2+. The van der Waals surface area contributed by atoms with Crippen molar-refractivity contribution in [2.75, 3.05) is 7.05 Å². The van der Waals surface area contributed by atoms with Gasteiger partial charge in [-0.05, 0) is 31.0 Å². The van der Waals surface area contributed by atoms with Gasteiger partial charge < -0.3 is 15.0 Å². The zero-order chi connectivity index (χ0) is 31.1. The summed E-state index contributed by atoms with van der Waals surface area (Å²) < 4.78 is 136. The number of carbonyl (C=O) groups excluding carboxylic acids is 1. The van der Waals surface area contributed by atoms with Gasteiger partial charge in [-0.15, -0.1) is 13.2 Å². The number of hydrogen-bond donors (Lipinski definition) is 2. The molecule has 0 bridgehead atoms. The molecule has 1 aromatic heterocycles. The summed E-state index contributed by atoms with van der Waals surface area (Å²) in [5.41, 5.74) is -9.48. The molecule has 1 heterocycles. The average Bonchev–Trinajstić information content (AvgIpc) is 3.68. The molecule has 0 spiro atoms. The van der Waals surface area contributed by atoms with Crippen LogP contribution in [0.25, 0.3) is 5.57 Å². The Balaban J connectivity index is 2.09. The summed E-state index contributed by atoms with van der Waals surface area (Å²) in [6.07, 6.45) is -14.7. The van der Waals surface area contributed by atoms with Gasteiger partial charge in [-0.2, -0.15) is 26.3 Å². The Labute approximate surface area is 234 Å². The molecule has 41 heavy (non-hydrogen) atoms. The maximum atomic E-state index is 14.6. The van der Waals surface area contributed by atoms with E-state index in [1.165, 1.54) is 18.0 Å². The molecule has 0 unspecified atom stereocenters. The van der Waals surface area contributed by atoms with E-state index < -0.39 is 58.4 Å². The van der Waals surface area contributed by atoms with Crippen LogP contribution in [-0.2, 0) is 5.67 Å². The molecule has 0 atom stereocenters. The molecule has 0 saturated heterocycles. The number of halogens is 12. The van der Waals surface area contributed by atoms with E-state index in [9.17, 15) is 48.7 Å². The zero-order valence-corrected chi connectivity index (χ0v) is 21.8. The number of hydrogen-bond acceptors (Lipinski definition) is 4. The van der Waals surface area contributed by atoms with Crippen LogP contribution in [0.1, 0.15) is 34.3 Å². The number of nitrogens with zero attached hydrogens (tertiary/aromatic N) is 2. The van der Waals surface area contributed by atoms with E-state index in [1.807, 2.05) is 0 Å². The van der Waals surface area contributed by atoms with Crippen molar-refractivity contribution < 1.29 is 58.8 Å². The van der Waals surface area contributed by atoms with Gasteiger partial charge in [-0.1, -0.05) is 23.2 Å².